The first-order valence-corrected chi connectivity index (χ1v) is 8.53. The first-order valence-electron chi connectivity index (χ1n) is 8.53. The molecule has 6 nitrogen and oxygen atoms in total. The molecular formula is C18H23N3O3. The van der Waals surface area contributed by atoms with E-state index in [-0.39, 0.29) is 12.5 Å². The number of amides is 1. The van der Waals surface area contributed by atoms with Crippen molar-refractivity contribution in [3.63, 3.8) is 0 Å². The molecule has 0 saturated heterocycles. The SMILES string of the molecule is Cc1nc(COc2ccc(C(=O)NC3CCCCCC3)cc2)no1. The van der Waals surface area contributed by atoms with Crippen molar-refractivity contribution in [2.45, 2.75) is 58.1 Å². The minimum atomic E-state index is -0.0118. The third kappa shape index (κ3) is 4.57. The summed E-state index contributed by atoms with van der Waals surface area (Å²) in [6.07, 6.45) is 7.12. The van der Waals surface area contributed by atoms with Gasteiger partial charge in [-0.1, -0.05) is 30.8 Å². The molecule has 1 aliphatic carbocycles. The molecule has 2 aromatic rings. The van der Waals surface area contributed by atoms with E-state index in [1.807, 2.05) is 0 Å². The van der Waals surface area contributed by atoms with Crippen molar-refractivity contribution in [1.82, 2.24) is 15.5 Å². The number of nitrogens with one attached hydrogen (secondary N) is 1. The van der Waals surface area contributed by atoms with Crippen LogP contribution in [0.4, 0.5) is 0 Å². The Morgan fingerprint density at radius 2 is 1.92 bits per heavy atom. The fourth-order valence-electron chi connectivity index (χ4n) is 2.94. The number of aryl methyl sites for hydroxylation is 1. The summed E-state index contributed by atoms with van der Waals surface area (Å²) in [6.45, 7) is 1.98. The Morgan fingerprint density at radius 3 is 2.54 bits per heavy atom. The largest absolute Gasteiger partial charge is 0.485 e. The maximum atomic E-state index is 12.3. The number of rotatable bonds is 5. The van der Waals surface area contributed by atoms with Crippen molar-refractivity contribution in [1.29, 1.82) is 0 Å². The van der Waals surface area contributed by atoms with Gasteiger partial charge in [-0.15, -0.1) is 0 Å². The molecule has 0 unspecified atom stereocenters. The van der Waals surface area contributed by atoms with Crippen LogP contribution in [-0.2, 0) is 6.61 Å². The lowest BCUT2D eigenvalue weighted by molar-refractivity contribution is 0.0933. The summed E-state index contributed by atoms with van der Waals surface area (Å²) in [5.74, 6) is 1.67. The average molecular weight is 329 g/mol. The van der Waals surface area contributed by atoms with Gasteiger partial charge in [-0.3, -0.25) is 4.79 Å². The monoisotopic (exact) mass is 329 g/mol. The van der Waals surface area contributed by atoms with E-state index in [1.54, 1.807) is 31.2 Å². The molecule has 0 atom stereocenters. The molecule has 0 radical (unpaired) electrons. The Hall–Kier alpha value is -2.37. The van der Waals surface area contributed by atoms with E-state index in [0.29, 0.717) is 29.1 Å². The molecule has 0 bridgehead atoms. The lowest BCUT2D eigenvalue weighted by atomic mass is 10.1. The predicted octanol–water partition coefficient (Wildman–Crippen LogP) is 3.41. The number of nitrogens with zero attached hydrogens (tertiary/aromatic N) is 2. The summed E-state index contributed by atoms with van der Waals surface area (Å²) in [6, 6.07) is 7.44. The van der Waals surface area contributed by atoms with Crippen molar-refractivity contribution in [2.75, 3.05) is 0 Å². The summed E-state index contributed by atoms with van der Waals surface area (Å²) in [5.41, 5.74) is 0.655. The Kier molecular flexibility index (Phi) is 5.46. The molecule has 3 rings (SSSR count). The molecule has 0 spiro atoms. The Balaban J connectivity index is 1.52. The van der Waals surface area contributed by atoms with E-state index in [9.17, 15) is 4.79 Å². The maximum absolute atomic E-state index is 12.3. The Bertz CT molecular complexity index is 658. The lowest BCUT2D eigenvalue weighted by Crippen LogP contribution is -2.34. The van der Waals surface area contributed by atoms with Gasteiger partial charge in [0.25, 0.3) is 5.91 Å². The van der Waals surface area contributed by atoms with Crippen LogP contribution in [0.25, 0.3) is 0 Å². The van der Waals surface area contributed by atoms with Gasteiger partial charge in [0.2, 0.25) is 11.7 Å². The molecule has 1 fully saturated rings. The molecule has 24 heavy (non-hydrogen) atoms. The summed E-state index contributed by atoms with van der Waals surface area (Å²) in [5, 5.41) is 6.92. The number of aromatic nitrogens is 2. The molecule has 1 amide bonds. The van der Waals surface area contributed by atoms with E-state index in [1.165, 1.54) is 25.7 Å². The lowest BCUT2D eigenvalue weighted by Gasteiger charge is -2.16. The molecule has 1 aromatic heterocycles. The van der Waals surface area contributed by atoms with Gasteiger partial charge in [0.15, 0.2) is 6.61 Å². The van der Waals surface area contributed by atoms with Gasteiger partial charge in [-0.2, -0.15) is 4.98 Å². The van der Waals surface area contributed by atoms with E-state index in [0.717, 1.165) is 12.8 Å². The van der Waals surface area contributed by atoms with E-state index >= 15 is 0 Å². The summed E-state index contributed by atoms with van der Waals surface area (Å²) in [4.78, 5) is 16.4. The van der Waals surface area contributed by atoms with Crippen molar-refractivity contribution in [2.24, 2.45) is 0 Å². The molecule has 128 valence electrons. The maximum Gasteiger partial charge on any atom is 0.251 e. The average Bonchev–Trinajstić information content (AvgIpc) is 2.84. The van der Waals surface area contributed by atoms with Gasteiger partial charge in [0, 0.05) is 18.5 Å². The van der Waals surface area contributed by atoms with Crippen molar-refractivity contribution in [3.05, 3.63) is 41.5 Å². The van der Waals surface area contributed by atoms with Gasteiger partial charge in [0.05, 0.1) is 0 Å². The predicted molar refractivity (Wildman–Crippen MR) is 88.8 cm³/mol. The highest BCUT2D eigenvalue weighted by atomic mass is 16.5. The first kappa shape index (κ1) is 16.5. The molecule has 1 aliphatic rings. The normalized spacial score (nSPS) is 15.7. The zero-order chi connectivity index (χ0) is 16.8. The first-order chi connectivity index (χ1) is 11.7. The fourth-order valence-corrected chi connectivity index (χ4v) is 2.94. The van der Waals surface area contributed by atoms with Crippen molar-refractivity contribution < 1.29 is 14.1 Å². The highest BCUT2D eigenvalue weighted by Crippen LogP contribution is 2.18. The van der Waals surface area contributed by atoms with Crippen LogP contribution < -0.4 is 10.1 Å². The minimum Gasteiger partial charge on any atom is -0.485 e. The number of carbonyl (C=O) groups is 1. The zero-order valence-electron chi connectivity index (χ0n) is 14.0. The summed E-state index contributed by atoms with van der Waals surface area (Å²) in [7, 11) is 0. The van der Waals surface area contributed by atoms with Crippen molar-refractivity contribution >= 4 is 5.91 Å². The smallest absolute Gasteiger partial charge is 0.251 e. The van der Waals surface area contributed by atoms with Crippen LogP contribution in [0.5, 0.6) is 5.75 Å². The van der Waals surface area contributed by atoms with Crippen molar-refractivity contribution in [3.8, 4) is 5.75 Å². The molecule has 1 saturated carbocycles. The Labute approximate surface area is 141 Å². The molecular weight excluding hydrogens is 306 g/mol. The van der Waals surface area contributed by atoms with Crippen LogP contribution in [0.3, 0.4) is 0 Å². The van der Waals surface area contributed by atoms with Gasteiger partial charge >= 0.3 is 0 Å². The number of carbonyl (C=O) groups excluding carboxylic acids is 1. The summed E-state index contributed by atoms with van der Waals surface area (Å²) >= 11 is 0. The third-order valence-electron chi connectivity index (χ3n) is 4.24. The Morgan fingerprint density at radius 1 is 1.21 bits per heavy atom. The van der Waals surface area contributed by atoms with Gasteiger partial charge in [-0.05, 0) is 37.1 Å². The molecule has 1 N–H and O–H groups in total. The highest BCUT2D eigenvalue weighted by Gasteiger charge is 2.15. The van der Waals surface area contributed by atoms with Crippen LogP contribution in [-0.4, -0.2) is 22.1 Å². The van der Waals surface area contributed by atoms with Gasteiger partial charge < -0.3 is 14.6 Å². The minimum absolute atomic E-state index is 0.0118. The number of ether oxygens (including phenoxy) is 1. The standard InChI is InChI=1S/C18H23N3O3/c1-13-19-17(21-24-13)12-23-16-10-8-14(9-11-16)18(22)20-15-6-4-2-3-5-7-15/h8-11,15H,2-7,12H2,1H3,(H,20,22). The molecule has 1 aromatic carbocycles. The second kappa shape index (κ2) is 7.95. The second-order valence-corrected chi connectivity index (χ2v) is 6.20. The highest BCUT2D eigenvalue weighted by molar-refractivity contribution is 5.94. The van der Waals surface area contributed by atoms with Crippen LogP contribution in [0.15, 0.2) is 28.8 Å². The zero-order valence-corrected chi connectivity index (χ0v) is 14.0. The molecule has 1 heterocycles. The van der Waals surface area contributed by atoms with Crippen LogP contribution in [0.2, 0.25) is 0 Å². The second-order valence-electron chi connectivity index (χ2n) is 6.20. The van der Waals surface area contributed by atoms with Crippen LogP contribution in [0, 0.1) is 6.92 Å². The number of benzene rings is 1. The molecule has 0 aliphatic heterocycles. The fraction of sp³-hybridized carbons (Fsp3) is 0.500. The molecule has 6 heteroatoms. The van der Waals surface area contributed by atoms with Crippen LogP contribution in [0.1, 0.15) is 60.6 Å². The van der Waals surface area contributed by atoms with Gasteiger partial charge in [-0.25, -0.2) is 0 Å². The summed E-state index contributed by atoms with van der Waals surface area (Å²) < 4.78 is 10.5. The van der Waals surface area contributed by atoms with Crippen LogP contribution >= 0.6 is 0 Å². The quantitative estimate of drug-likeness (QED) is 0.851. The number of hydrogen-bond acceptors (Lipinski definition) is 5. The van der Waals surface area contributed by atoms with Gasteiger partial charge in [0.1, 0.15) is 5.75 Å². The van der Waals surface area contributed by atoms with E-state index in [2.05, 4.69) is 15.5 Å². The van der Waals surface area contributed by atoms with E-state index in [4.69, 9.17) is 9.26 Å². The topological polar surface area (TPSA) is 77.2 Å². The third-order valence-corrected chi connectivity index (χ3v) is 4.24. The van der Waals surface area contributed by atoms with E-state index < -0.39 is 0 Å². The number of hydrogen-bond donors (Lipinski definition) is 1.